The largest absolute Gasteiger partial charge is 0.394 e. The smallest absolute Gasteiger partial charge is 0.247 e. The lowest BCUT2D eigenvalue weighted by molar-refractivity contribution is -0.145. The Bertz CT molecular complexity index is 1380. The van der Waals surface area contributed by atoms with Crippen molar-refractivity contribution >= 4 is 28.8 Å². The van der Waals surface area contributed by atoms with E-state index in [2.05, 4.69) is 20.9 Å². The van der Waals surface area contributed by atoms with E-state index in [1.54, 1.807) is 11.6 Å². The van der Waals surface area contributed by atoms with Gasteiger partial charge in [-0.25, -0.2) is 4.68 Å². The molecule has 3 N–H and O–H groups in total. The second-order valence-electron chi connectivity index (χ2n) is 10.3. The summed E-state index contributed by atoms with van der Waals surface area (Å²) in [5.74, 6) is -2.50. The van der Waals surface area contributed by atoms with Gasteiger partial charge in [0.25, 0.3) is 0 Å². The molecule has 198 valence electrons. The van der Waals surface area contributed by atoms with Crippen LogP contribution in [0.3, 0.4) is 0 Å². The zero-order chi connectivity index (χ0) is 26.4. The molecule has 2 aromatic carbocycles. The molecule has 6 rings (SSSR count). The van der Waals surface area contributed by atoms with Crippen molar-refractivity contribution in [3.8, 4) is 0 Å². The third kappa shape index (κ3) is 3.76. The molecule has 3 saturated heterocycles. The molecular formula is C27H30N6O5. The summed E-state index contributed by atoms with van der Waals surface area (Å²) in [5.41, 5.74) is 1.29. The molecule has 0 saturated carbocycles. The number of nitrogens with one attached hydrogen (secondary N) is 2. The van der Waals surface area contributed by atoms with Gasteiger partial charge in [0.05, 0.1) is 36.1 Å². The maximum Gasteiger partial charge on any atom is 0.247 e. The molecule has 11 nitrogen and oxygen atoms in total. The minimum Gasteiger partial charge on any atom is -0.394 e. The van der Waals surface area contributed by atoms with Gasteiger partial charge < -0.3 is 25.4 Å². The number of carbonyl (C=O) groups is 3. The summed E-state index contributed by atoms with van der Waals surface area (Å²) in [4.78, 5) is 42.4. The second kappa shape index (κ2) is 9.48. The van der Waals surface area contributed by atoms with Gasteiger partial charge in [0.15, 0.2) is 0 Å². The van der Waals surface area contributed by atoms with Gasteiger partial charge in [-0.05, 0) is 37.5 Å². The van der Waals surface area contributed by atoms with Crippen molar-refractivity contribution in [2.45, 2.75) is 56.8 Å². The van der Waals surface area contributed by atoms with Crippen molar-refractivity contribution in [3.63, 3.8) is 0 Å². The van der Waals surface area contributed by atoms with Gasteiger partial charge in [-0.2, -0.15) is 0 Å². The number of carbonyl (C=O) groups excluding carboxylic acids is 3. The number of ether oxygens (including phenoxy) is 1. The first-order valence-electron chi connectivity index (χ1n) is 12.9. The van der Waals surface area contributed by atoms with Crippen molar-refractivity contribution < 1.29 is 24.2 Å². The van der Waals surface area contributed by atoms with Crippen LogP contribution in [0.1, 0.15) is 25.3 Å². The number of rotatable bonds is 8. The van der Waals surface area contributed by atoms with Crippen LogP contribution in [0.2, 0.25) is 0 Å². The molecule has 1 spiro atoms. The van der Waals surface area contributed by atoms with Gasteiger partial charge in [-0.1, -0.05) is 47.7 Å². The fraction of sp³-hybridized carbons (Fsp3) is 0.444. The van der Waals surface area contributed by atoms with Gasteiger partial charge in [0.1, 0.15) is 23.8 Å². The standard InChI is InChI=1S/C27H30N6O5/c1-16(14-34)33-23(25(36)29-15-32-19-10-6-5-9-18(19)30-31-32)27-12-11-20(38-27)21(22(27)26(33)37)24(35)28-13-17-7-3-2-4-8-17/h2-10,16,20-23,34H,11-15H2,1H3,(H,28,35)(H,29,36)/t16-,20+,21-,22+,23?,27?/m1/s1. The quantitative estimate of drug-likeness (QED) is 0.396. The van der Waals surface area contributed by atoms with Crippen LogP contribution in [0.25, 0.3) is 11.0 Å². The summed E-state index contributed by atoms with van der Waals surface area (Å²) >= 11 is 0. The highest BCUT2D eigenvalue weighted by atomic mass is 16.5. The summed E-state index contributed by atoms with van der Waals surface area (Å²) in [5, 5.41) is 24.0. The highest BCUT2D eigenvalue weighted by Crippen LogP contribution is 2.58. The molecule has 2 bridgehead atoms. The van der Waals surface area contributed by atoms with Crippen LogP contribution in [0, 0.1) is 11.8 Å². The number of hydrogen-bond acceptors (Lipinski definition) is 7. The third-order valence-corrected chi connectivity index (χ3v) is 8.16. The monoisotopic (exact) mass is 518 g/mol. The minimum absolute atomic E-state index is 0.0521. The lowest BCUT2D eigenvalue weighted by atomic mass is 9.70. The van der Waals surface area contributed by atoms with Crippen molar-refractivity contribution in [2.24, 2.45) is 11.8 Å². The molecule has 3 amide bonds. The Morgan fingerprint density at radius 3 is 2.68 bits per heavy atom. The fourth-order valence-electron chi connectivity index (χ4n) is 6.44. The molecule has 1 aromatic heterocycles. The maximum absolute atomic E-state index is 13.8. The van der Waals surface area contributed by atoms with E-state index >= 15 is 0 Å². The predicted octanol–water partition coefficient (Wildman–Crippen LogP) is 0.577. The molecule has 0 aliphatic carbocycles. The van der Waals surface area contributed by atoms with Crippen LogP contribution in [0.4, 0.5) is 0 Å². The van der Waals surface area contributed by atoms with Crippen LogP contribution in [-0.2, 0) is 32.3 Å². The van der Waals surface area contributed by atoms with Gasteiger partial charge >= 0.3 is 0 Å². The van der Waals surface area contributed by atoms with Gasteiger partial charge in [0, 0.05) is 6.54 Å². The van der Waals surface area contributed by atoms with Crippen LogP contribution in [0.15, 0.2) is 54.6 Å². The number of hydrogen-bond donors (Lipinski definition) is 3. The number of benzene rings is 2. The summed E-state index contributed by atoms with van der Waals surface area (Å²) in [6, 6.07) is 15.4. The first-order chi connectivity index (χ1) is 18.4. The first-order valence-corrected chi connectivity index (χ1v) is 12.9. The normalized spacial score (nSPS) is 28.5. The van der Waals surface area contributed by atoms with Crippen molar-refractivity contribution in [1.82, 2.24) is 30.5 Å². The average molecular weight is 519 g/mol. The molecule has 3 aliphatic heterocycles. The first kappa shape index (κ1) is 24.5. The number of fused-ring (bicyclic) bond motifs is 2. The number of aliphatic hydroxyl groups is 1. The van der Waals surface area contributed by atoms with Gasteiger partial charge in [0.2, 0.25) is 17.7 Å². The van der Waals surface area contributed by atoms with Crippen molar-refractivity contribution in [3.05, 3.63) is 60.2 Å². The van der Waals surface area contributed by atoms with Gasteiger partial charge in [-0.3, -0.25) is 14.4 Å². The summed E-state index contributed by atoms with van der Waals surface area (Å²) in [6.45, 7) is 1.76. The molecule has 6 atom stereocenters. The van der Waals surface area contributed by atoms with E-state index < -0.39 is 41.5 Å². The summed E-state index contributed by atoms with van der Waals surface area (Å²) in [7, 11) is 0. The SMILES string of the molecule is C[C@H](CO)N1C(=O)[C@@H]2[C@H](C(=O)NCc3ccccc3)[C@@H]3CCC2(O3)C1C(=O)NCn1nnc2ccccc21. The summed E-state index contributed by atoms with van der Waals surface area (Å²) in [6.07, 6.45) is 0.613. The Morgan fingerprint density at radius 2 is 1.89 bits per heavy atom. The maximum atomic E-state index is 13.8. The molecule has 3 aliphatic rings. The number of nitrogens with zero attached hydrogens (tertiary/aromatic N) is 4. The average Bonchev–Trinajstić information content (AvgIpc) is 3.69. The van der Waals surface area contributed by atoms with Crippen molar-refractivity contribution in [1.29, 1.82) is 0 Å². The molecule has 0 radical (unpaired) electrons. The molecule has 4 heterocycles. The van der Waals surface area contributed by atoms with Crippen molar-refractivity contribution in [2.75, 3.05) is 6.61 Å². The van der Waals surface area contributed by atoms with E-state index in [0.717, 1.165) is 11.1 Å². The zero-order valence-electron chi connectivity index (χ0n) is 21.0. The molecule has 38 heavy (non-hydrogen) atoms. The molecule has 3 aromatic rings. The van der Waals surface area contributed by atoms with Crippen LogP contribution in [-0.4, -0.2) is 73.1 Å². The van der Waals surface area contributed by atoms with E-state index in [1.807, 2.05) is 54.6 Å². The van der Waals surface area contributed by atoms with Crippen LogP contribution in [0.5, 0.6) is 0 Å². The number of likely N-dealkylation sites (tertiary alicyclic amines) is 1. The molecule has 2 unspecified atom stereocenters. The Morgan fingerprint density at radius 1 is 1.13 bits per heavy atom. The van der Waals surface area contributed by atoms with Gasteiger partial charge in [-0.15, -0.1) is 5.10 Å². The summed E-state index contributed by atoms with van der Waals surface area (Å²) < 4.78 is 7.98. The van der Waals surface area contributed by atoms with Crippen LogP contribution < -0.4 is 10.6 Å². The topological polar surface area (TPSA) is 139 Å². The number of amides is 3. The predicted molar refractivity (Wildman–Crippen MR) is 135 cm³/mol. The Balaban J connectivity index is 1.25. The van der Waals surface area contributed by atoms with E-state index in [0.29, 0.717) is 24.9 Å². The molecular weight excluding hydrogens is 488 g/mol. The lowest BCUT2D eigenvalue weighted by Gasteiger charge is -2.35. The molecule has 3 fully saturated rings. The minimum atomic E-state index is -1.13. The molecule has 11 heteroatoms. The van der Waals surface area contributed by atoms with E-state index in [1.165, 1.54) is 4.90 Å². The fourth-order valence-corrected chi connectivity index (χ4v) is 6.44. The third-order valence-electron chi connectivity index (χ3n) is 8.16. The van der Waals surface area contributed by atoms with Crippen LogP contribution >= 0.6 is 0 Å². The Hall–Kier alpha value is -3.83. The zero-order valence-corrected chi connectivity index (χ0v) is 21.0. The number of para-hydroxylation sites is 1. The Labute approximate surface area is 219 Å². The number of aromatic nitrogens is 3. The second-order valence-corrected chi connectivity index (χ2v) is 10.3. The Kier molecular flexibility index (Phi) is 6.11. The lowest BCUT2D eigenvalue weighted by Crippen LogP contribution is -2.57. The van der Waals surface area contributed by atoms with E-state index in [4.69, 9.17) is 4.74 Å². The highest BCUT2D eigenvalue weighted by molar-refractivity contribution is 5.99. The highest BCUT2D eigenvalue weighted by Gasteiger charge is 2.74. The number of aliphatic hydroxyl groups excluding tert-OH is 1. The van der Waals surface area contributed by atoms with E-state index in [-0.39, 0.29) is 25.1 Å². The van der Waals surface area contributed by atoms with E-state index in [9.17, 15) is 19.5 Å².